The van der Waals surface area contributed by atoms with E-state index in [-0.39, 0.29) is 0 Å². The van der Waals surface area contributed by atoms with Crippen LogP contribution in [-0.4, -0.2) is 39.0 Å². The fourth-order valence-electron chi connectivity index (χ4n) is 10.3. The van der Waals surface area contributed by atoms with E-state index in [4.69, 9.17) is 29.9 Å². The van der Waals surface area contributed by atoms with Crippen molar-refractivity contribution < 1.29 is 0 Å². The molecular weight excluding hydrogens is 905 g/mol. The number of rotatable bonds is 9. The minimum atomic E-state index is 0.648. The van der Waals surface area contributed by atoms with Crippen LogP contribution in [0.25, 0.3) is 134 Å². The molecule has 346 valence electrons. The molecule has 0 N–H and O–H groups in total. The van der Waals surface area contributed by atoms with Gasteiger partial charge in [-0.1, -0.05) is 158 Å². The van der Waals surface area contributed by atoms with Crippen molar-refractivity contribution in [3.05, 3.63) is 255 Å². The minimum Gasteiger partial charge on any atom is -0.294 e. The molecule has 0 aliphatic rings. The lowest BCUT2D eigenvalue weighted by atomic mass is 10.0. The molecule has 0 radical (unpaired) electrons. The van der Waals surface area contributed by atoms with Crippen LogP contribution in [0.15, 0.2) is 255 Å². The van der Waals surface area contributed by atoms with E-state index in [1.165, 1.54) is 21.5 Å². The Labute approximate surface area is 426 Å². The summed E-state index contributed by atoms with van der Waals surface area (Å²) < 4.78 is 4.47. The fourth-order valence-corrected chi connectivity index (χ4v) is 10.3. The Morgan fingerprint density at radius 2 is 0.459 bits per heavy atom. The molecule has 0 amide bonds. The first-order valence-electron chi connectivity index (χ1n) is 24.7. The summed E-state index contributed by atoms with van der Waals surface area (Å²) in [6.07, 6.45) is 0. The highest BCUT2D eigenvalue weighted by atomic mass is 15.1. The number of nitrogens with zero attached hydrogens (tertiary/aromatic N) is 8. The van der Waals surface area contributed by atoms with Gasteiger partial charge in [0.05, 0.1) is 79.0 Å². The predicted octanol–water partition coefficient (Wildman–Crippen LogP) is 15.9. The normalized spacial score (nSPS) is 11.5. The van der Waals surface area contributed by atoms with Crippen molar-refractivity contribution in [3.8, 4) is 90.8 Å². The van der Waals surface area contributed by atoms with Gasteiger partial charge in [0.15, 0.2) is 0 Å². The van der Waals surface area contributed by atoms with Gasteiger partial charge in [0.1, 0.15) is 11.6 Å². The first-order valence-corrected chi connectivity index (χ1v) is 24.7. The van der Waals surface area contributed by atoms with Crippen LogP contribution in [0.4, 0.5) is 0 Å². The number of hydrogen-bond acceptors (Lipinski definition) is 6. The third-order valence-corrected chi connectivity index (χ3v) is 13.8. The maximum absolute atomic E-state index is 5.48. The van der Waals surface area contributed by atoms with Crippen molar-refractivity contribution in [1.29, 1.82) is 0 Å². The highest BCUT2D eigenvalue weighted by molar-refractivity contribution is 6.10. The van der Waals surface area contributed by atoms with Gasteiger partial charge in [0.25, 0.3) is 0 Å². The number of pyridine rings is 6. The molecule has 0 fully saturated rings. The molecule has 74 heavy (non-hydrogen) atoms. The van der Waals surface area contributed by atoms with Gasteiger partial charge < -0.3 is 0 Å². The van der Waals surface area contributed by atoms with E-state index in [1.54, 1.807) is 0 Å². The Morgan fingerprint density at radius 3 is 0.824 bits per heavy atom. The zero-order valence-corrected chi connectivity index (χ0v) is 39.8. The molecule has 0 atom stereocenters. The van der Waals surface area contributed by atoms with Crippen molar-refractivity contribution in [2.45, 2.75) is 0 Å². The van der Waals surface area contributed by atoms with Gasteiger partial charge in [-0.05, 0) is 97.1 Å². The molecule has 8 heteroatoms. The zero-order valence-electron chi connectivity index (χ0n) is 39.8. The average molecular weight is 947 g/mol. The first-order chi connectivity index (χ1) is 36.7. The van der Waals surface area contributed by atoms with Gasteiger partial charge in [0.2, 0.25) is 0 Å². The van der Waals surface area contributed by atoms with E-state index in [9.17, 15) is 0 Å². The second kappa shape index (κ2) is 17.9. The molecule has 14 rings (SSSR count). The van der Waals surface area contributed by atoms with Crippen LogP contribution in [0.2, 0.25) is 0 Å². The van der Waals surface area contributed by atoms with Gasteiger partial charge in [-0.2, -0.15) is 0 Å². The Bertz CT molecular complexity index is 4050. The maximum Gasteiger partial charge on any atom is 0.138 e. The molecule has 0 aliphatic heterocycles. The number of para-hydroxylation sites is 4. The Kier molecular flexibility index (Phi) is 10.3. The maximum atomic E-state index is 5.48. The van der Waals surface area contributed by atoms with Crippen LogP contribution in [0.1, 0.15) is 0 Å². The van der Waals surface area contributed by atoms with Crippen LogP contribution < -0.4 is 0 Å². The van der Waals surface area contributed by atoms with Gasteiger partial charge in [-0.25, -0.2) is 29.9 Å². The Balaban J connectivity index is 0.980. The molecule has 0 saturated carbocycles. The van der Waals surface area contributed by atoms with Crippen LogP contribution in [-0.2, 0) is 0 Å². The summed E-state index contributed by atoms with van der Waals surface area (Å²) in [5.41, 5.74) is 15.5. The number of aromatic nitrogens is 8. The topological polar surface area (TPSA) is 87.2 Å². The summed E-state index contributed by atoms with van der Waals surface area (Å²) in [4.78, 5) is 32.3. The standard InChI is InChI=1S/C66H42N8/c1-3-19-43(20-4-1)51-27-15-29-53(67-51)45-39-57(55-31-17-37-65(71-55)73-61-33-11-7-23-47(61)48-24-8-12-34-62(48)73)69-59(41-45)60-42-46(54-30-16-28-52(68-54)44-21-5-2-6-22-44)40-58(70-60)56-32-18-38-66(72-56)74-63-35-13-9-25-49(63)50-26-10-14-36-64(50)74/h1-42H. The van der Waals surface area contributed by atoms with E-state index in [2.05, 4.69) is 203 Å². The van der Waals surface area contributed by atoms with Gasteiger partial charge in [-0.15, -0.1) is 0 Å². The second-order valence-electron chi connectivity index (χ2n) is 18.3. The monoisotopic (exact) mass is 946 g/mol. The van der Waals surface area contributed by atoms with Crippen molar-refractivity contribution >= 4 is 43.6 Å². The largest absolute Gasteiger partial charge is 0.294 e. The molecule has 14 aromatic rings. The molecule has 8 heterocycles. The van der Waals surface area contributed by atoms with Crippen LogP contribution in [0.5, 0.6) is 0 Å². The molecule has 0 unspecified atom stereocenters. The highest BCUT2D eigenvalue weighted by Gasteiger charge is 2.20. The molecule has 0 spiro atoms. The molecule has 8 nitrogen and oxygen atoms in total. The number of hydrogen-bond donors (Lipinski definition) is 0. The van der Waals surface area contributed by atoms with Crippen molar-refractivity contribution in [1.82, 2.24) is 39.0 Å². The Hall–Kier alpha value is -10.2. The van der Waals surface area contributed by atoms with E-state index in [1.807, 2.05) is 60.7 Å². The molecule has 6 aromatic carbocycles. The lowest BCUT2D eigenvalue weighted by Gasteiger charge is -2.14. The predicted molar refractivity (Wildman–Crippen MR) is 300 cm³/mol. The first kappa shape index (κ1) is 42.7. The lowest BCUT2D eigenvalue weighted by molar-refractivity contribution is 1.07. The SMILES string of the molecule is c1ccc(-c2cccc(-c3cc(-c4cc(-c5cccc(-c6ccccc6)n5)cc(-c5cccc(-n6c7ccccc7c7ccccc76)n5)n4)nc(-c4cccc(-n5c6ccccc6c6ccccc65)n4)c3)n2)cc1. The van der Waals surface area contributed by atoms with E-state index in [0.29, 0.717) is 34.2 Å². The molecule has 8 aromatic heterocycles. The second-order valence-corrected chi connectivity index (χ2v) is 18.3. The summed E-state index contributed by atoms with van der Waals surface area (Å²) in [7, 11) is 0. The molecule has 0 saturated heterocycles. The molecular formula is C66H42N8. The van der Waals surface area contributed by atoms with Gasteiger partial charge in [0, 0.05) is 43.8 Å². The third-order valence-electron chi connectivity index (χ3n) is 13.8. The Morgan fingerprint density at radius 1 is 0.189 bits per heavy atom. The average Bonchev–Trinajstić information content (AvgIpc) is 4.03. The molecule has 0 bridgehead atoms. The van der Waals surface area contributed by atoms with Crippen LogP contribution in [0.3, 0.4) is 0 Å². The van der Waals surface area contributed by atoms with E-state index >= 15 is 0 Å². The zero-order chi connectivity index (χ0) is 49.0. The summed E-state index contributed by atoms with van der Waals surface area (Å²) in [6.45, 7) is 0. The van der Waals surface area contributed by atoms with Gasteiger partial charge in [-0.3, -0.25) is 9.13 Å². The quantitative estimate of drug-likeness (QED) is 0.143. The van der Waals surface area contributed by atoms with E-state index in [0.717, 1.165) is 78.7 Å². The van der Waals surface area contributed by atoms with Crippen molar-refractivity contribution in [2.24, 2.45) is 0 Å². The molecule has 0 aliphatic carbocycles. The fraction of sp³-hybridized carbons (Fsp3) is 0. The third kappa shape index (κ3) is 7.57. The smallest absolute Gasteiger partial charge is 0.138 e. The lowest BCUT2D eigenvalue weighted by Crippen LogP contribution is -2.01. The van der Waals surface area contributed by atoms with Gasteiger partial charge >= 0.3 is 0 Å². The summed E-state index contributed by atoms with van der Waals surface area (Å²) >= 11 is 0. The summed E-state index contributed by atoms with van der Waals surface area (Å²) in [5, 5.41) is 4.68. The van der Waals surface area contributed by atoms with Crippen LogP contribution in [0, 0.1) is 0 Å². The van der Waals surface area contributed by atoms with Crippen LogP contribution >= 0.6 is 0 Å². The number of benzene rings is 6. The summed E-state index contributed by atoms with van der Waals surface area (Å²) in [6, 6.07) is 87.5. The van der Waals surface area contributed by atoms with Crippen molar-refractivity contribution in [2.75, 3.05) is 0 Å². The summed E-state index contributed by atoms with van der Waals surface area (Å²) in [5.74, 6) is 1.58. The minimum absolute atomic E-state index is 0.648. The van der Waals surface area contributed by atoms with E-state index < -0.39 is 0 Å². The highest BCUT2D eigenvalue weighted by Crippen LogP contribution is 2.37. The van der Waals surface area contributed by atoms with Crippen molar-refractivity contribution in [3.63, 3.8) is 0 Å². The number of fused-ring (bicyclic) bond motifs is 6.